The zero-order valence-corrected chi connectivity index (χ0v) is 10.7. The molecule has 0 N–H and O–H groups in total. The molecule has 0 spiro atoms. The molecule has 0 amide bonds. The summed E-state index contributed by atoms with van der Waals surface area (Å²) >= 11 is 1.15. The Morgan fingerprint density at radius 1 is 1.28 bits per heavy atom. The van der Waals surface area contributed by atoms with Gasteiger partial charge in [0.2, 0.25) is 0 Å². The number of hydrogen-bond acceptors (Lipinski definition) is 7. The highest BCUT2D eigenvalue weighted by Crippen LogP contribution is 2.20. The van der Waals surface area contributed by atoms with E-state index < -0.39 is 22.0 Å². The van der Waals surface area contributed by atoms with E-state index in [9.17, 15) is 12.8 Å². The molecular formula is C9H7FN2O4S2. The van der Waals surface area contributed by atoms with Crippen molar-refractivity contribution in [3.63, 3.8) is 0 Å². The van der Waals surface area contributed by atoms with Crippen LogP contribution in [0.25, 0.3) is 0 Å². The lowest BCUT2D eigenvalue weighted by Gasteiger charge is -2.01. The first-order valence-electron chi connectivity index (χ1n) is 4.59. The van der Waals surface area contributed by atoms with E-state index in [1.54, 1.807) is 6.26 Å². The van der Waals surface area contributed by atoms with Gasteiger partial charge in [0.05, 0.1) is 0 Å². The Hall–Kier alpha value is -1.61. The van der Waals surface area contributed by atoms with Crippen molar-refractivity contribution in [1.29, 1.82) is 0 Å². The maximum atomic E-state index is 12.7. The predicted molar refractivity (Wildman–Crippen MR) is 60.3 cm³/mol. The van der Waals surface area contributed by atoms with Gasteiger partial charge in [0.25, 0.3) is 5.22 Å². The maximum Gasteiger partial charge on any atom is 0.431 e. The van der Waals surface area contributed by atoms with Crippen molar-refractivity contribution in [3.8, 4) is 6.08 Å². The van der Waals surface area contributed by atoms with Crippen molar-refractivity contribution in [3.05, 3.63) is 30.1 Å². The number of halogens is 1. The Balaban J connectivity index is 2.24. The largest absolute Gasteiger partial charge is 0.431 e. The number of aromatic nitrogens is 2. The molecular weight excluding hydrogens is 283 g/mol. The van der Waals surface area contributed by atoms with Gasteiger partial charge < -0.3 is 8.60 Å². The second-order valence-electron chi connectivity index (χ2n) is 3.03. The molecule has 0 saturated carbocycles. The van der Waals surface area contributed by atoms with E-state index in [1.807, 2.05) is 0 Å². The van der Waals surface area contributed by atoms with Crippen LogP contribution in [-0.2, 0) is 10.1 Å². The Labute approximate surface area is 106 Å². The fraction of sp³-hybridized carbons (Fsp3) is 0.111. The smallest absolute Gasteiger partial charge is 0.382 e. The van der Waals surface area contributed by atoms with E-state index >= 15 is 0 Å². The molecule has 0 atom stereocenters. The molecule has 1 heterocycles. The Morgan fingerprint density at radius 2 is 1.94 bits per heavy atom. The quantitative estimate of drug-likeness (QED) is 0.626. The third-order valence-electron chi connectivity index (χ3n) is 1.85. The monoisotopic (exact) mass is 290 g/mol. The normalized spacial score (nSPS) is 11.4. The first-order valence-corrected chi connectivity index (χ1v) is 7.22. The summed E-state index contributed by atoms with van der Waals surface area (Å²) < 4.78 is 45.6. The lowest BCUT2D eigenvalue weighted by atomic mass is 10.4. The predicted octanol–water partition coefficient (Wildman–Crippen LogP) is 1.70. The molecule has 0 saturated heterocycles. The summed E-state index contributed by atoms with van der Waals surface area (Å²) in [5.74, 6) is -0.545. The summed E-state index contributed by atoms with van der Waals surface area (Å²) in [7, 11) is -4.10. The molecule has 1 aromatic carbocycles. The molecule has 18 heavy (non-hydrogen) atoms. The van der Waals surface area contributed by atoms with Crippen LogP contribution in [0.2, 0.25) is 0 Å². The highest BCUT2D eigenvalue weighted by molar-refractivity contribution is 7.98. The van der Waals surface area contributed by atoms with Crippen LogP contribution in [0.3, 0.4) is 0 Å². The van der Waals surface area contributed by atoms with Crippen LogP contribution in [0.1, 0.15) is 0 Å². The van der Waals surface area contributed by atoms with Crippen molar-refractivity contribution >= 4 is 21.9 Å². The van der Waals surface area contributed by atoms with Crippen LogP contribution in [0.15, 0.2) is 38.8 Å². The maximum absolute atomic E-state index is 12.7. The summed E-state index contributed by atoms with van der Waals surface area (Å²) in [6, 6.07) is 4.18. The van der Waals surface area contributed by atoms with E-state index in [1.165, 1.54) is 0 Å². The molecule has 0 aliphatic heterocycles. The van der Waals surface area contributed by atoms with Crippen molar-refractivity contribution in [2.24, 2.45) is 0 Å². The van der Waals surface area contributed by atoms with Crippen LogP contribution in [0, 0.1) is 5.82 Å². The number of nitrogens with zero attached hydrogens (tertiary/aromatic N) is 2. The van der Waals surface area contributed by atoms with Gasteiger partial charge in [-0.25, -0.2) is 4.39 Å². The third-order valence-corrected chi connectivity index (χ3v) is 3.57. The van der Waals surface area contributed by atoms with Gasteiger partial charge in [-0.3, -0.25) is 0 Å². The van der Waals surface area contributed by atoms with E-state index in [-0.39, 0.29) is 10.1 Å². The molecule has 6 nitrogen and oxygen atoms in total. The molecule has 2 aromatic rings. The fourth-order valence-electron chi connectivity index (χ4n) is 1.06. The van der Waals surface area contributed by atoms with Gasteiger partial charge in [-0.05, 0) is 30.5 Å². The zero-order chi connectivity index (χ0) is 13.2. The minimum absolute atomic E-state index is 0.180. The lowest BCUT2D eigenvalue weighted by Crippen LogP contribution is -2.09. The Bertz CT molecular complexity index is 639. The summed E-state index contributed by atoms with van der Waals surface area (Å²) in [5, 5.41) is 7.11. The van der Waals surface area contributed by atoms with Crippen molar-refractivity contribution in [1.82, 2.24) is 10.2 Å². The molecule has 1 aromatic heterocycles. The van der Waals surface area contributed by atoms with Crippen molar-refractivity contribution in [2.45, 2.75) is 10.1 Å². The van der Waals surface area contributed by atoms with Crippen LogP contribution < -0.4 is 4.18 Å². The highest BCUT2D eigenvalue weighted by atomic mass is 32.2. The molecule has 0 fully saturated rings. The average Bonchev–Trinajstić information content (AvgIpc) is 2.76. The van der Waals surface area contributed by atoms with Crippen molar-refractivity contribution < 1.29 is 21.4 Å². The van der Waals surface area contributed by atoms with Crippen LogP contribution >= 0.6 is 11.8 Å². The average molecular weight is 290 g/mol. The van der Waals surface area contributed by atoms with E-state index in [2.05, 4.69) is 14.4 Å². The van der Waals surface area contributed by atoms with Crippen molar-refractivity contribution in [2.75, 3.05) is 6.26 Å². The lowest BCUT2D eigenvalue weighted by molar-refractivity contribution is 0.333. The zero-order valence-electron chi connectivity index (χ0n) is 9.03. The standard InChI is InChI=1S/C9H7FN2O4S2/c1-17-9-12-11-8(15-9)16-18(13,14)7-4-2-6(10)3-5-7/h2-5H,1H3. The topological polar surface area (TPSA) is 82.3 Å². The second-order valence-corrected chi connectivity index (χ2v) is 5.33. The van der Waals surface area contributed by atoms with Gasteiger partial charge in [0, 0.05) is 0 Å². The number of thioether (sulfide) groups is 1. The van der Waals surface area contributed by atoms with Gasteiger partial charge in [0.1, 0.15) is 10.7 Å². The molecule has 2 rings (SSSR count). The van der Waals surface area contributed by atoms with E-state index in [0.717, 1.165) is 36.0 Å². The molecule has 0 unspecified atom stereocenters. The number of rotatable bonds is 4. The van der Waals surface area contributed by atoms with Crippen LogP contribution in [0.4, 0.5) is 4.39 Å². The minimum Gasteiger partial charge on any atom is -0.382 e. The van der Waals surface area contributed by atoms with Gasteiger partial charge >= 0.3 is 16.2 Å². The number of benzene rings is 1. The molecule has 0 aliphatic rings. The van der Waals surface area contributed by atoms with E-state index in [4.69, 9.17) is 4.42 Å². The first kappa shape index (κ1) is 12.8. The second kappa shape index (κ2) is 4.94. The SMILES string of the molecule is CSc1nnc(OS(=O)(=O)c2ccc(F)cc2)o1. The van der Waals surface area contributed by atoms with Gasteiger partial charge in [-0.2, -0.15) is 8.42 Å². The minimum atomic E-state index is -4.10. The summed E-state index contributed by atoms with van der Waals surface area (Å²) in [5.41, 5.74) is 0. The molecule has 0 bridgehead atoms. The highest BCUT2D eigenvalue weighted by Gasteiger charge is 2.20. The van der Waals surface area contributed by atoms with E-state index in [0.29, 0.717) is 0 Å². The van der Waals surface area contributed by atoms with Gasteiger partial charge in [0.15, 0.2) is 0 Å². The third kappa shape index (κ3) is 2.79. The van der Waals surface area contributed by atoms with Crippen LogP contribution in [-0.4, -0.2) is 24.9 Å². The van der Waals surface area contributed by atoms with Gasteiger partial charge in [-0.15, -0.1) is 0 Å². The van der Waals surface area contributed by atoms with Crippen LogP contribution in [0.5, 0.6) is 6.08 Å². The number of hydrogen-bond donors (Lipinski definition) is 0. The molecule has 9 heteroatoms. The molecule has 0 aliphatic carbocycles. The Morgan fingerprint density at radius 3 is 2.50 bits per heavy atom. The summed E-state index contributed by atoms with van der Waals surface area (Å²) in [4.78, 5) is -0.201. The fourth-order valence-corrected chi connectivity index (χ4v) is 2.15. The molecule has 96 valence electrons. The molecule has 0 radical (unpaired) electrons. The summed E-state index contributed by atoms with van der Waals surface area (Å²) in [6.45, 7) is 0. The first-order chi connectivity index (χ1) is 8.51. The van der Waals surface area contributed by atoms with Gasteiger partial charge in [-0.1, -0.05) is 22.0 Å². The Kier molecular flexibility index (Phi) is 3.53. The summed E-state index contributed by atoms with van der Waals surface area (Å²) in [6.07, 6.45) is 1.20.